The van der Waals surface area contributed by atoms with E-state index in [0.717, 1.165) is 37.3 Å². The molecule has 0 saturated heterocycles. The number of aryl methyl sites for hydroxylation is 2. The average Bonchev–Trinajstić information content (AvgIpc) is 3.42. The van der Waals surface area contributed by atoms with Gasteiger partial charge < -0.3 is 24.3 Å². The number of hydrogen-bond donors (Lipinski definition) is 2. The molecule has 6 heteroatoms. The SMILES string of the molecule is COc1ccc2c3c1c(CNC(C)C)cn3CCCn1c-2c(C2CCCCC2)c2ccc(C(=O)O)cc21. The summed E-state index contributed by atoms with van der Waals surface area (Å²) < 4.78 is 10.8. The zero-order valence-electron chi connectivity index (χ0n) is 22.1. The molecule has 0 radical (unpaired) electrons. The van der Waals surface area contributed by atoms with Crippen LogP contribution in [-0.4, -0.2) is 33.4 Å². The quantitative estimate of drug-likeness (QED) is 0.302. The number of hydrogen-bond acceptors (Lipinski definition) is 3. The van der Waals surface area contributed by atoms with Crippen LogP contribution in [0.25, 0.3) is 33.1 Å². The van der Waals surface area contributed by atoms with Crippen LogP contribution in [0.3, 0.4) is 0 Å². The topological polar surface area (TPSA) is 68.4 Å². The number of carboxylic acids is 1. The largest absolute Gasteiger partial charge is 0.496 e. The van der Waals surface area contributed by atoms with Gasteiger partial charge in [0.1, 0.15) is 5.75 Å². The van der Waals surface area contributed by atoms with Crippen molar-refractivity contribution in [2.75, 3.05) is 7.11 Å². The van der Waals surface area contributed by atoms with Gasteiger partial charge in [0.05, 0.1) is 23.9 Å². The fourth-order valence-electron chi connectivity index (χ4n) is 6.72. The lowest BCUT2D eigenvalue weighted by atomic mass is 9.81. The lowest BCUT2D eigenvalue weighted by molar-refractivity contribution is 0.0697. The lowest BCUT2D eigenvalue weighted by Crippen LogP contribution is -2.21. The van der Waals surface area contributed by atoms with Gasteiger partial charge in [-0.15, -0.1) is 0 Å². The number of fused-ring (bicyclic) bond motifs is 4. The molecule has 0 spiro atoms. The van der Waals surface area contributed by atoms with Gasteiger partial charge in [0.25, 0.3) is 0 Å². The second-order valence-corrected chi connectivity index (χ2v) is 11.1. The third-order valence-corrected chi connectivity index (χ3v) is 8.38. The van der Waals surface area contributed by atoms with Crippen LogP contribution in [0.15, 0.2) is 36.5 Å². The van der Waals surface area contributed by atoms with Crippen LogP contribution < -0.4 is 10.1 Å². The predicted octanol–water partition coefficient (Wildman–Crippen LogP) is 6.92. The Morgan fingerprint density at radius 3 is 2.65 bits per heavy atom. The Morgan fingerprint density at radius 1 is 1.11 bits per heavy atom. The first-order valence-corrected chi connectivity index (χ1v) is 13.8. The summed E-state index contributed by atoms with van der Waals surface area (Å²) in [6.45, 7) is 6.93. The molecule has 2 aromatic heterocycles. The first-order valence-electron chi connectivity index (χ1n) is 13.8. The van der Waals surface area contributed by atoms with Gasteiger partial charge in [0.15, 0.2) is 0 Å². The summed E-state index contributed by atoms with van der Waals surface area (Å²) in [7, 11) is 1.76. The van der Waals surface area contributed by atoms with Crippen molar-refractivity contribution >= 4 is 27.8 Å². The number of carbonyl (C=O) groups is 1. The van der Waals surface area contributed by atoms with E-state index in [2.05, 4.69) is 52.7 Å². The van der Waals surface area contributed by atoms with E-state index in [9.17, 15) is 9.90 Å². The number of aromatic carboxylic acids is 1. The molecule has 1 aliphatic carbocycles. The van der Waals surface area contributed by atoms with Crippen LogP contribution in [0.5, 0.6) is 5.75 Å². The minimum Gasteiger partial charge on any atom is -0.496 e. The number of benzene rings is 2. The summed E-state index contributed by atoms with van der Waals surface area (Å²) in [6, 6.07) is 10.5. The molecule has 194 valence electrons. The average molecular weight is 500 g/mol. The van der Waals surface area contributed by atoms with E-state index < -0.39 is 5.97 Å². The van der Waals surface area contributed by atoms with Crippen molar-refractivity contribution in [1.29, 1.82) is 0 Å². The number of rotatable bonds is 6. The predicted molar refractivity (Wildman–Crippen MR) is 149 cm³/mol. The smallest absolute Gasteiger partial charge is 0.335 e. The van der Waals surface area contributed by atoms with E-state index in [-0.39, 0.29) is 0 Å². The van der Waals surface area contributed by atoms with E-state index in [1.54, 1.807) is 13.2 Å². The van der Waals surface area contributed by atoms with Gasteiger partial charge in [-0.2, -0.15) is 0 Å². The standard InChI is InChI=1S/C31H37N3O3/c1-19(2)32-17-22-18-33-14-7-15-34-25-16-21(31(35)36)10-11-23(25)27(20-8-5-4-6-9-20)30(34)24-12-13-26(37-3)28(22)29(24)33/h10-13,16,18-20,32H,4-9,14-15,17H2,1-3H3,(H,35,36). The Labute approximate surface area is 218 Å². The second kappa shape index (κ2) is 9.56. The van der Waals surface area contributed by atoms with Gasteiger partial charge in [0, 0.05) is 53.7 Å². The molecule has 0 bridgehead atoms. The molecule has 2 aliphatic rings. The van der Waals surface area contributed by atoms with Crippen molar-refractivity contribution < 1.29 is 14.6 Å². The normalized spacial score (nSPS) is 16.2. The molecule has 4 aromatic rings. The summed E-state index contributed by atoms with van der Waals surface area (Å²) in [4.78, 5) is 11.9. The van der Waals surface area contributed by atoms with Gasteiger partial charge >= 0.3 is 5.97 Å². The molecule has 0 atom stereocenters. The van der Waals surface area contributed by atoms with Crippen LogP contribution in [0.2, 0.25) is 0 Å². The van der Waals surface area contributed by atoms with E-state index >= 15 is 0 Å². The summed E-state index contributed by atoms with van der Waals surface area (Å²) >= 11 is 0. The molecule has 6 rings (SSSR count). The number of methoxy groups -OCH3 is 1. The van der Waals surface area contributed by atoms with E-state index in [4.69, 9.17) is 4.74 Å². The Kier molecular flexibility index (Phi) is 6.23. The Balaban J connectivity index is 1.68. The molecule has 2 N–H and O–H groups in total. The van der Waals surface area contributed by atoms with Gasteiger partial charge in [-0.3, -0.25) is 0 Å². The fourth-order valence-corrected chi connectivity index (χ4v) is 6.72. The highest BCUT2D eigenvalue weighted by Crippen LogP contribution is 2.48. The molecule has 37 heavy (non-hydrogen) atoms. The molecule has 0 amide bonds. The summed E-state index contributed by atoms with van der Waals surface area (Å²) in [5, 5.41) is 15.8. The van der Waals surface area contributed by atoms with E-state index in [1.807, 2.05) is 6.07 Å². The van der Waals surface area contributed by atoms with Gasteiger partial charge in [-0.05, 0) is 60.6 Å². The molecule has 3 heterocycles. The monoisotopic (exact) mass is 499 g/mol. The summed E-state index contributed by atoms with van der Waals surface area (Å²) in [6.07, 6.45) is 9.48. The molecule has 1 fully saturated rings. The van der Waals surface area contributed by atoms with E-state index in [0.29, 0.717) is 17.5 Å². The molecular formula is C31H37N3O3. The zero-order valence-corrected chi connectivity index (χ0v) is 22.1. The lowest BCUT2D eigenvalue weighted by Gasteiger charge is -2.25. The maximum atomic E-state index is 11.9. The molecular weight excluding hydrogens is 462 g/mol. The maximum Gasteiger partial charge on any atom is 0.335 e. The number of aromatic nitrogens is 2. The maximum absolute atomic E-state index is 11.9. The number of ether oxygens (including phenoxy) is 1. The van der Waals surface area contributed by atoms with Crippen LogP contribution in [0.1, 0.15) is 79.8 Å². The molecule has 1 saturated carbocycles. The summed E-state index contributed by atoms with van der Waals surface area (Å²) in [5.41, 5.74) is 7.84. The van der Waals surface area contributed by atoms with Crippen molar-refractivity contribution in [3.05, 3.63) is 53.2 Å². The first-order chi connectivity index (χ1) is 18.0. The Morgan fingerprint density at radius 2 is 1.92 bits per heavy atom. The second-order valence-electron chi connectivity index (χ2n) is 11.1. The van der Waals surface area contributed by atoms with Crippen molar-refractivity contribution in [2.24, 2.45) is 0 Å². The molecule has 1 aliphatic heterocycles. The molecule has 0 unspecified atom stereocenters. The van der Waals surface area contributed by atoms with Crippen LogP contribution in [0, 0.1) is 0 Å². The minimum absolute atomic E-state index is 0.357. The van der Waals surface area contributed by atoms with Gasteiger partial charge in [-0.1, -0.05) is 39.2 Å². The third-order valence-electron chi connectivity index (χ3n) is 8.38. The highest BCUT2D eigenvalue weighted by molar-refractivity contribution is 6.05. The van der Waals surface area contributed by atoms with Crippen molar-refractivity contribution in [3.8, 4) is 17.0 Å². The Bertz CT molecular complexity index is 1490. The number of carboxylic acid groups (broad SMARTS) is 1. The number of nitrogens with zero attached hydrogens (tertiary/aromatic N) is 2. The molecule has 6 nitrogen and oxygen atoms in total. The van der Waals surface area contributed by atoms with Crippen LogP contribution in [-0.2, 0) is 19.6 Å². The van der Waals surface area contributed by atoms with Crippen LogP contribution in [0.4, 0.5) is 0 Å². The van der Waals surface area contributed by atoms with Crippen molar-refractivity contribution in [3.63, 3.8) is 0 Å². The third kappa shape index (κ3) is 4.02. The highest BCUT2D eigenvalue weighted by Gasteiger charge is 2.30. The van der Waals surface area contributed by atoms with Gasteiger partial charge in [-0.25, -0.2) is 4.79 Å². The Hall–Kier alpha value is -3.25. The minimum atomic E-state index is -0.870. The van der Waals surface area contributed by atoms with Gasteiger partial charge in [0.2, 0.25) is 0 Å². The van der Waals surface area contributed by atoms with Crippen molar-refractivity contribution in [2.45, 2.75) is 84.0 Å². The van der Waals surface area contributed by atoms with E-state index in [1.165, 1.54) is 70.8 Å². The number of nitrogens with one attached hydrogen (secondary N) is 1. The summed E-state index contributed by atoms with van der Waals surface area (Å²) in [5.74, 6) is 0.532. The zero-order chi connectivity index (χ0) is 25.7. The fraction of sp³-hybridized carbons (Fsp3) is 0.452. The first kappa shape index (κ1) is 24.1. The van der Waals surface area contributed by atoms with Crippen LogP contribution >= 0.6 is 0 Å². The van der Waals surface area contributed by atoms with Crippen molar-refractivity contribution in [1.82, 2.24) is 14.5 Å². The highest BCUT2D eigenvalue weighted by atomic mass is 16.5. The molecule has 2 aromatic carbocycles.